The Balaban J connectivity index is 4.14. The number of hydrogen-bond acceptors (Lipinski definition) is 6. The van der Waals surface area contributed by atoms with Crippen LogP contribution >= 0.6 is 0 Å². The molecular weight excluding hydrogens is 534 g/mol. The molecule has 0 saturated carbocycles. The zero-order valence-corrected chi connectivity index (χ0v) is 28.0. The molecule has 0 aliphatic heterocycles. The molecule has 0 bridgehead atoms. The Kier molecular flexibility index (Phi) is 25.8. The minimum absolute atomic E-state index is 0.0507. The molecule has 0 aliphatic carbocycles. The number of carbonyl (C=O) groups excluding carboxylic acids is 2. The highest BCUT2D eigenvalue weighted by Crippen LogP contribution is 2.15. The molecule has 8 heteroatoms. The summed E-state index contributed by atoms with van der Waals surface area (Å²) < 4.78 is 16.9. The molecule has 0 saturated heterocycles. The maximum Gasteiger partial charge on any atom is 0.362 e. The van der Waals surface area contributed by atoms with Gasteiger partial charge in [0.25, 0.3) is 0 Å². The molecule has 0 rings (SSSR count). The van der Waals surface area contributed by atoms with Crippen molar-refractivity contribution in [3.05, 3.63) is 0 Å². The van der Waals surface area contributed by atoms with Crippen LogP contribution < -0.4 is 0 Å². The van der Waals surface area contributed by atoms with Crippen molar-refractivity contribution in [3.8, 4) is 0 Å². The van der Waals surface area contributed by atoms with Gasteiger partial charge in [-0.25, -0.2) is 4.79 Å². The van der Waals surface area contributed by atoms with E-state index in [1.807, 2.05) is 28.1 Å². The summed E-state index contributed by atoms with van der Waals surface area (Å²) in [6.07, 6.45) is 22.4. The number of quaternary nitrogens is 1. The van der Waals surface area contributed by atoms with E-state index in [1.165, 1.54) is 83.5 Å². The fraction of sp³-hybridized carbons (Fsp3) is 0.912. The topological polar surface area (TPSA) is 99.1 Å². The minimum Gasteiger partial charge on any atom is -0.477 e. The van der Waals surface area contributed by atoms with Crippen LogP contribution in [0.1, 0.15) is 149 Å². The van der Waals surface area contributed by atoms with Crippen LogP contribution in [-0.2, 0) is 28.6 Å². The fourth-order valence-corrected chi connectivity index (χ4v) is 5.01. The second kappa shape index (κ2) is 26.9. The molecule has 8 nitrogen and oxygen atoms in total. The SMILES string of the molecule is CCCCCCCCCCCCCCCCCCC(=O)OC(COCCC(C(=O)O)[N+](C)(C)C)COC(=O)CCCC. The lowest BCUT2D eigenvalue weighted by Gasteiger charge is -2.31. The number of ether oxygens (including phenoxy) is 3. The van der Waals surface area contributed by atoms with Crippen LogP contribution in [0.4, 0.5) is 0 Å². The fourth-order valence-electron chi connectivity index (χ4n) is 5.01. The number of likely N-dealkylation sites (N-methyl/N-ethyl adjacent to an activating group) is 1. The summed E-state index contributed by atoms with van der Waals surface area (Å²) in [4.78, 5) is 36.0. The Labute approximate surface area is 257 Å². The molecule has 0 aromatic rings. The molecule has 0 amide bonds. The summed E-state index contributed by atoms with van der Waals surface area (Å²) in [5.41, 5.74) is 0. The Morgan fingerprint density at radius 1 is 0.619 bits per heavy atom. The van der Waals surface area contributed by atoms with Crippen molar-refractivity contribution in [2.75, 3.05) is 41.0 Å². The molecule has 0 aromatic heterocycles. The van der Waals surface area contributed by atoms with E-state index in [0.717, 1.165) is 32.1 Å². The van der Waals surface area contributed by atoms with Crippen molar-refractivity contribution in [1.29, 1.82) is 0 Å². The van der Waals surface area contributed by atoms with Gasteiger partial charge in [-0.1, -0.05) is 117 Å². The number of aliphatic carboxylic acids is 1. The summed E-state index contributed by atoms with van der Waals surface area (Å²) in [5, 5.41) is 9.49. The minimum atomic E-state index is -0.877. The zero-order valence-electron chi connectivity index (χ0n) is 28.0. The Morgan fingerprint density at radius 3 is 1.52 bits per heavy atom. The zero-order chi connectivity index (χ0) is 31.5. The summed E-state index contributed by atoms with van der Waals surface area (Å²) in [5.74, 6) is -1.50. The number of unbranched alkanes of at least 4 members (excludes halogenated alkanes) is 16. The smallest absolute Gasteiger partial charge is 0.362 e. The first-order chi connectivity index (χ1) is 20.1. The van der Waals surface area contributed by atoms with Crippen LogP contribution in [-0.4, -0.2) is 80.6 Å². The standard InChI is InChI=1S/C34H65NO7/c1-6-8-10-11-12-13-14-15-16-17-18-19-20-21-22-23-25-33(37)42-30(29-41-32(36)24-9-7-2)28-40-27-26-31(34(38)39)35(3,4)5/h30-31H,6-29H2,1-5H3/p+1. The van der Waals surface area contributed by atoms with E-state index >= 15 is 0 Å². The number of rotatable bonds is 30. The maximum absolute atomic E-state index is 12.5. The van der Waals surface area contributed by atoms with Crippen LogP contribution in [0.3, 0.4) is 0 Å². The van der Waals surface area contributed by atoms with Gasteiger partial charge < -0.3 is 23.8 Å². The van der Waals surface area contributed by atoms with E-state index < -0.39 is 18.1 Å². The average Bonchev–Trinajstić information content (AvgIpc) is 2.93. The van der Waals surface area contributed by atoms with E-state index in [-0.39, 0.29) is 36.2 Å². The monoisotopic (exact) mass is 600 g/mol. The molecule has 1 N–H and O–H groups in total. The predicted octanol–water partition coefficient (Wildman–Crippen LogP) is 7.85. The van der Waals surface area contributed by atoms with E-state index in [2.05, 4.69) is 6.92 Å². The maximum atomic E-state index is 12.5. The van der Waals surface area contributed by atoms with Crippen molar-refractivity contribution in [2.24, 2.45) is 0 Å². The highest BCUT2D eigenvalue weighted by atomic mass is 16.6. The van der Waals surface area contributed by atoms with Crippen LogP contribution in [0.5, 0.6) is 0 Å². The lowest BCUT2D eigenvalue weighted by molar-refractivity contribution is -0.887. The molecule has 0 fully saturated rings. The van der Waals surface area contributed by atoms with Gasteiger partial charge in [0.2, 0.25) is 0 Å². The molecule has 2 unspecified atom stereocenters. The highest BCUT2D eigenvalue weighted by molar-refractivity contribution is 5.72. The molecule has 0 aromatic carbocycles. The first-order valence-corrected chi connectivity index (χ1v) is 17.1. The van der Waals surface area contributed by atoms with E-state index in [9.17, 15) is 19.5 Å². The number of nitrogens with zero attached hydrogens (tertiary/aromatic N) is 1. The number of carboxylic acids is 1. The molecule has 0 heterocycles. The van der Waals surface area contributed by atoms with Gasteiger partial charge in [0.15, 0.2) is 12.1 Å². The third kappa shape index (κ3) is 24.9. The highest BCUT2D eigenvalue weighted by Gasteiger charge is 2.31. The van der Waals surface area contributed by atoms with Crippen molar-refractivity contribution in [1.82, 2.24) is 0 Å². The third-order valence-electron chi connectivity index (χ3n) is 7.76. The summed E-state index contributed by atoms with van der Waals surface area (Å²) >= 11 is 0. The van der Waals surface area contributed by atoms with Gasteiger partial charge in [-0.15, -0.1) is 0 Å². The largest absolute Gasteiger partial charge is 0.477 e. The van der Waals surface area contributed by atoms with Crippen molar-refractivity contribution in [3.63, 3.8) is 0 Å². The summed E-state index contributed by atoms with van der Waals surface area (Å²) in [7, 11) is 5.49. The first kappa shape index (κ1) is 40.3. The van der Waals surface area contributed by atoms with Crippen LogP contribution in [0, 0.1) is 0 Å². The quantitative estimate of drug-likeness (QED) is 0.0509. The van der Waals surface area contributed by atoms with Crippen molar-refractivity contribution < 1.29 is 38.2 Å². The van der Waals surface area contributed by atoms with Crippen LogP contribution in [0.2, 0.25) is 0 Å². The Morgan fingerprint density at radius 2 is 1.07 bits per heavy atom. The Bertz CT molecular complexity index is 677. The lowest BCUT2D eigenvalue weighted by Crippen LogP contribution is -2.50. The van der Waals surface area contributed by atoms with Gasteiger partial charge in [-0.2, -0.15) is 0 Å². The second-order valence-electron chi connectivity index (χ2n) is 12.8. The molecule has 0 radical (unpaired) electrons. The summed E-state index contributed by atoms with van der Waals surface area (Å²) in [6.45, 7) is 4.50. The number of hydrogen-bond donors (Lipinski definition) is 1. The van der Waals surface area contributed by atoms with Gasteiger partial charge in [0.1, 0.15) is 6.61 Å². The lowest BCUT2D eigenvalue weighted by atomic mass is 10.0. The predicted molar refractivity (Wildman–Crippen MR) is 169 cm³/mol. The number of carbonyl (C=O) groups is 3. The number of carboxylic acid groups (broad SMARTS) is 1. The van der Waals surface area contributed by atoms with Gasteiger partial charge in [-0.3, -0.25) is 9.59 Å². The van der Waals surface area contributed by atoms with Gasteiger partial charge in [-0.05, 0) is 12.8 Å². The first-order valence-electron chi connectivity index (χ1n) is 17.1. The van der Waals surface area contributed by atoms with E-state index in [1.54, 1.807) is 0 Å². The third-order valence-corrected chi connectivity index (χ3v) is 7.76. The molecular formula is C34H66NO7+. The molecule has 0 aliphatic rings. The van der Waals surface area contributed by atoms with Gasteiger partial charge in [0.05, 0.1) is 34.4 Å². The van der Waals surface area contributed by atoms with Crippen LogP contribution in [0.15, 0.2) is 0 Å². The molecule has 0 spiro atoms. The van der Waals surface area contributed by atoms with Crippen LogP contribution in [0.25, 0.3) is 0 Å². The van der Waals surface area contributed by atoms with Gasteiger partial charge in [0, 0.05) is 19.3 Å². The molecule has 2 atom stereocenters. The summed E-state index contributed by atoms with van der Waals surface area (Å²) in [6, 6.07) is -0.604. The van der Waals surface area contributed by atoms with Crippen molar-refractivity contribution in [2.45, 2.75) is 161 Å². The van der Waals surface area contributed by atoms with E-state index in [0.29, 0.717) is 19.3 Å². The van der Waals surface area contributed by atoms with E-state index in [4.69, 9.17) is 14.2 Å². The average molecular weight is 601 g/mol. The van der Waals surface area contributed by atoms with Crippen molar-refractivity contribution >= 4 is 17.9 Å². The normalized spacial score (nSPS) is 13.1. The van der Waals surface area contributed by atoms with Gasteiger partial charge >= 0.3 is 17.9 Å². The Hall–Kier alpha value is -1.67. The second-order valence-corrected chi connectivity index (χ2v) is 12.8. The molecule has 42 heavy (non-hydrogen) atoms. The molecule has 248 valence electrons. The number of esters is 2.